The van der Waals surface area contributed by atoms with Gasteiger partial charge in [0.25, 0.3) is 0 Å². The monoisotopic (exact) mass is 323 g/mol. The second-order valence-corrected chi connectivity index (χ2v) is 7.40. The number of aromatic nitrogens is 2. The average molecular weight is 323 g/mol. The number of nitrogens with one attached hydrogen (secondary N) is 1. The standard InChI is InChI=1S/C20H25N3O/c1-5-8-19(24)22-16-11-20(3,4)12-18-15(16)13-21-23(18)17-10-7-6-9-14(17)2/h5-7,9-10,13,16H,1,8,11-12H2,2-4H3,(H,22,24)/t16-/m0/s1. The van der Waals surface area contributed by atoms with Gasteiger partial charge in [-0.1, -0.05) is 38.1 Å². The fraction of sp³-hybridized carbons (Fsp3) is 0.400. The Labute approximate surface area is 143 Å². The number of para-hydroxylation sites is 1. The summed E-state index contributed by atoms with van der Waals surface area (Å²) in [6.07, 6.45) is 5.77. The Bertz CT molecular complexity index is 773. The lowest BCUT2D eigenvalue weighted by Crippen LogP contribution is -2.36. The van der Waals surface area contributed by atoms with Gasteiger partial charge in [0.2, 0.25) is 5.91 Å². The SMILES string of the molecule is C=CCC(=O)N[C@H]1CC(C)(C)Cc2c1cnn2-c1ccccc1C. The number of amides is 1. The molecule has 1 atom stereocenters. The van der Waals surface area contributed by atoms with Crippen molar-refractivity contribution in [1.82, 2.24) is 15.1 Å². The number of hydrogen-bond donors (Lipinski definition) is 1. The quantitative estimate of drug-likeness (QED) is 0.868. The van der Waals surface area contributed by atoms with Crippen LogP contribution in [0, 0.1) is 12.3 Å². The maximum Gasteiger partial charge on any atom is 0.224 e. The number of hydrogen-bond acceptors (Lipinski definition) is 2. The van der Waals surface area contributed by atoms with Gasteiger partial charge in [0.05, 0.1) is 23.6 Å². The number of aryl methyl sites for hydroxylation is 1. The molecule has 2 aromatic rings. The van der Waals surface area contributed by atoms with E-state index in [0.29, 0.717) is 6.42 Å². The zero-order chi connectivity index (χ0) is 17.3. The molecule has 0 radical (unpaired) electrons. The van der Waals surface area contributed by atoms with Gasteiger partial charge in [0, 0.05) is 12.0 Å². The minimum absolute atomic E-state index is 0.00830. The molecule has 1 N–H and O–H groups in total. The third-order valence-corrected chi connectivity index (χ3v) is 4.69. The van der Waals surface area contributed by atoms with Crippen molar-refractivity contribution in [3.05, 3.63) is 59.9 Å². The molecule has 1 aliphatic carbocycles. The zero-order valence-electron chi connectivity index (χ0n) is 14.7. The molecule has 0 unspecified atom stereocenters. The molecule has 24 heavy (non-hydrogen) atoms. The fourth-order valence-electron chi connectivity index (χ4n) is 3.56. The van der Waals surface area contributed by atoms with Gasteiger partial charge in [-0.25, -0.2) is 4.68 Å². The van der Waals surface area contributed by atoms with Crippen molar-refractivity contribution in [3.8, 4) is 5.69 Å². The van der Waals surface area contributed by atoms with E-state index in [-0.39, 0.29) is 17.4 Å². The molecule has 1 aliphatic rings. The van der Waals surface area contributed by atoms with Crippen LogP contribution >= 0.6 is 0 Å². The van der Waals surface area contributed by atoms with Crippen molar-refractivity contribution >= 4 is 5.91 Å². The van der Waals surface area contributed by atoms with Crippen LogP contribution in [0.5, 0.6) is 0 Å². The number of nitrogens with zero attached hydrogens (tertiary/aromatic N) is 2. The highest BCUT2D eigenvalue weighted by Gasteiger charge is 2.35. The summed E-state index contributed by atoms with van der Waals surface area (Å²) in [6.45, 7) is 10.2. The van der Waals surface area contributed by atoms with Crippen molar-refractivity contribution in [2.24, 2.45) is 5.41 Å². The lowest BCUT2D eigenvalue weighted by Gasteiger charge is -2.36. The smallest absolute Gasteiger partial charge is 0.224 e. The van der Waals surface area contributed by atoms with Crippen LogP contribution in [0.1, 0.15) is 49.6 Å². The Balaban J connectivity index is 2.01. The lowest BCUT2D eigenvalue weighted by atomic mass is 9.74. The molecule has 1 aromatic carbocycles. The first kappa shape index (κ1) is 16.5. The third kappa shape index (κ3) is 3.14. The van der Waals surface area contributed by atoms with Crippen LogP contribution in [0.2, 0.25) is 0 Å². The molecule has 3 rings (SSSR count). The number of carbonyl (C=O) groups excluding carboxylic acids is 1. The normalized spacial score (nSPS) is 18.7. The number of rotatable bonds is 4. The van der Waals surface area contributed by atoms with E-state index < -0.39 is 0 Å². The van der Waals surface area contributed by atoms with E-state index in [2.05, 4.69) is 49.9 Å². The molecule has 126 valence electrons. The van der Waals surface area contributed by atoms with Gasteiger partial charge in [-0.2, -0.15) is 5.10 Å². The first-order valence-electron chi connectivity index (χ1n) is 8.44. The van der Waals surface area contributed by atoms with E-state index >= 15 is 0 Å². The predicted octanol–water partition coefficient (Wildman–Crippen LogP) is 3.89. The van der Waals surface area contributed by atoms with E-state index in [1.54, 1.807) is 6.08 Å². The molecule has 1 aromatic heterocycles. The molecular weight excluding hydrogens is 298 g/mol. The van der Waals surface area contributed by atoms with Gasteiger partial charge in [0.1, 0.15) is 0 Å². The second-order valence-electron chi connectivity index (χ2n) is 7.40. The van der Waals surface area contributed by atoms with Crippen LogP contribution in [0.25, 0.3) is 5.69 Å². The number of fused-ring (bicyclic) bond motifs is 1. The highest BCUT2D eigenvalue weighted by atomic mass is 16.1. The first-order valence-corrected chi connectivity index (χ1v) is 8.44. The van der Waals surface area contributed by atoms with Crippen LogP contribution in [-0.2, 0) is 11.2 Å². The molecule has 0 fully saturated rings. The molecule has 0 aliphatic heterocycles. The van der Waals surface area contributed by atoms with Crippen molar-refractivity contribution < 1.29 is 4.79 Å². The Hall–Kier alpha value is -2.36. The van der Waals surface area contributed by atoms with Gasteiger partial charge in [0.15, 0.2) is 0 Å². The molecule has 0 spiro atoms. The number of carbonyl (C=O) groups is 1. The van der Waals surface area contributed by atoms with Gasteiger partial charge in [-0.05, 0) is 36.8 Å². The molecule has 4 heteroatoms. The van der Waals surface area contributed by atoms with E-state index in [0.717, 1.165) is 24.1 Å². The predicted molar refractivity (Wildman–Crippen MR) is 96.1 cm³/mol. The zero-order valence-corrected chi connectivity index (χ0v) is 14.7. The van der Waals surface area contributed by atoms with Crippen LogP contribution in [0.3, 0.4) is 0 Å². The highest BCUT2D eigenvalue weighted by Crippen LogP contribution is 2.41. The summed E-state index contributed by atoms with van der Waals surface area (Å²) in [7, 11) is 0. The Kier molecular flexibility index (Phi) is 4.31. The molecule has 4 nitrogen and oxygen atoms in total. The minimum Gasteiger partial charge on any atom is -0.349 e. The molecule has 1 amide bonds. The maximum absolute atomic E-state index is 12.1. The van der Waals surface area contributed by atoms with Gasteiger partial charge in [-0.3, -0.25) is 4.79 Å². The molecule has 0 saturated carbocycles. The molecule has 0 bridgehead atoms. The minimum atomic E-state index is 0.00830. The number of benzene rings is 1. The van der Waals surface area contributed by atoms with Crippen LogP contribution in [0.4, 0.5) is 0 Å². The third-order valence-electron chi connectivity index (χ3n) is 4.69. The summed E-state index contributed by atoms with van der Waals surface area (Å²) >= 11 is 0. The Morgan fingerprint density at radius 3 is 2.92 bits per heavy atom. The van der Waals surface area contributed by atoms with Gasteiger partial charge < -0.3 is 5.32 Å². The summed E-state index contributed by atoms with van der Waals surface area (Å²) < 4.78 is 2.04. The lowest BCUT2D eigenvalue weighted by molar-refractivity contribution is -0.121. The average Bonchev–Trinajstić information content (AvgIpc) is 2.90. The van der Waals surface area contributed by atoms with Crippen LogP contribution in [-0.4, -0.2) is 15.7 Å². The van der Waals surface area contributed by atoms with Crippen molar-refractivity contribution in [2.75, 3.05) is 0 Å². The Morgan fingerprint density at radius 2 is 2.21 bits per heavy atom. The Morgan fingerprint density at radius 1 is 1.46 bits per heavy atom. The summed E-state index contributed by atoms with van der Waals surface area (Å²) in [4.78, 5) is 12.1. The van der Waals surface area contributed by atoms with E-state index in [4.69, 9.17) is 0 Å². The van der Waals surface area contributed by atoms with Gasteiger partial charge in [-0.15, -0.1) is 6.58 Å². The highest BCUT2D eigenvalue weighted by molar-refractivity contribution is 5.78. The second kappa shape index (κ2) is 6.27. The largest absolute Gasteiger partial charge is 0.349 e. The summed E-state index contributed by atoms with van der Waals surface area (Å²) in [6, 6.07) is 8.27. The van der Waals surface area contributed by atoms with Crippen molar-refractivity contribution in [1.29, 1.82) is 0 Å². The van der Waals surface area contributed by atoms with Crippen LogP contribution in [0.15, 0.2) is 43.1 Å². The summed E-state index contributed by atoms with van der Waals surface area (Å²) in [5.41, 5.74) is 4.74. The van der Waals surface area contributed by atoms with Gasteiger partial charge >= 0.3 is 0 Å². The van der Waals surface area contributed by atoms with E-state index in [1.807, 2.05) is 23.0 Å². The molecule has 1 heterocycles. The molecular formula is C20H25N3O. The van der Waals surface area contributed by atoms with Crippen LogP contribution < -0.4 is 5.32 Å². The molecule has 0 saturated heterocycles. The van der Waals surface area contributed by atoms with E-state index in [1.165, 1.54) is 11.3 Å². The van der Waals surface area contributed by atoms with Crippen molar-refractivity contribution in [3.63, 3.8) is 0 Å². The summed E-state index contributed by atoms with van der Waals surface area (Å²) in [5.74, 6) is 0.0160. The summed E-state index contributed by atoms with van der Waals surface area (Å²) in [5, 5.41) is 7.79. The topological polar surface area (TPSA) is 46.9 Å². The van der Waals surface area contributed by atoms with Crippen molar-refractivity contribution in [2.45, 2.75) is 46.1 Å². The fourth-order valence-corrected chi connectivity index (χ4v) is 3.56. The maximum atomic E-state index is 12.1. The first-order chi connectivity index (χ1) is 11.4. The van der Waals surface area contributed by atoms with E-state index in [9.17, 15) is 4.79 Å².